The Kier molecular flexibility index (Phi) is 4.13. The summed E-state index contributed by atoms with van der Waals surface area (Å²) in [6.45, 7) is 0.675. The number of hydrogen-bond donors (Lipinski definition) is 2. The highest BCUT2D eigenvalue weighted by Crippen LogP contribution is 2.19. The van der Waals surface area contributed by atoms with E-state index >= 15 is 0 Å². The van der Waals surface area contributed by atoms with Gasteiger partial charge in [-0.15, -0.1) is 0 Å². The Morgan fingerprint density at radius 2 is 2.00 bits per heavy atom. The molecule has 3 N–H and O–H groups in total. The molecule has 1 aliphatic rings. The van der Waals surface area contributed by atoms with Crippen LogP contribution in [0.2, 0.25) is 0 Å². The van der Waals surface area contributed by atoms with Crippen LogP contribution in [0.1, 0.15) is 0 Å². The molecule has 1 amide bonds. The number of rotatable bonds is 4. The molecule has 1 aromatic heterocycles. The number of ether oxygens (including phenoxy) is 3. The topological polar surface area (TPSA) is 109 Å². The summed E-state index contributed by atoms with van der Waals surface area (Å²) in [6, 6.07) is 1.20. The molecule has 1 saturated heterocycles. The van der Waals surface area contributed by atoms with Crippen LogP contribution in [0.4, 0.5) is 5.95 Å². The lowest BCUT2D eigenvalue weighted by atomic mass is 10.0. The number of nitrogens with two attached hydrogens (primary N) is 1. The van der Waals surface area contributed by atoms with Crippen molar-refractivity contribution in [3.05, 3.63) is 6.07 Å². The Bertz CT molecular complexity index is 446. The molecule has 8 nitrogen and oxygen atoms in total. The van der Waals surface area contributed by atoms with E-state index in [0.717, 1.165) is 0 Å². The van der Waals surface area contributed by atoms with Gasteiger partial charge >= 0.3 is 0 Å². The van der Waals surface area contributed by atoms with Gasteiger partial charge in [0.1, 0.15) is 0 Å². The maximum atomic E-state index is 12.0. The quantitative estimate of drug-likeness (QED) is 0.751. The van der Waals surface area contributed by atoms with Gasteiger partial charge in [0.2, 0.25) is 23.6 Å². The maximum absolute atomic E-state index is 12.0. The first-order chi connectivity index (χ1) is 9.13. The van der Waals surface area contributed by atoms with E-state index in [9.17, 15) is 4.79 Å². The van der Waals surface area contributed by atoms with Crippen LogP contribution < -0.4 is 20.5 Å². The number of amides is 1. The molecule has 1 fully saturated rings. The standard InChI is InChI=1S/C11H16N4O4/c1-17-8-3-9(18-2)14-11(13-8)15-10(16)6-4-19-5-7(6)12/h3,6-7H,4-5,12H2,1-2H3,(H,13,14,15,16). The summed E-state index contributed by atoms with van der Waals surface area (Å²) in [5.74, 6) is 0.0321. The number of methoxy groups -OCH3 is 2. The first-order valence-corrected chi connectivity index (χ1v) is 5.75. The van der Waals surface area contributed by atoms with E-state index in [0.29, 0.717) is 25.0 Å². The van der Waals surface area contributed by atoms with E-state index in [2.05, 4.69) is 15.3 Å². The van der Waals surface area contributed by atoms with Crippen LogP contribution in [-0.4, -0.2) is 49.4 Å². The van der Waals surface area contributed by atoms with Gasteiger partial charge in [-0.3, -0.25) is 10.1 Å². The molecule has 0 spiro atoms. The van der Waals surface area contributed by atoms with Crippen molar-refractivity contribution in [2.24, 2.45) is 11.7 Å². The van der Waals surface area contributed by atoms with E-state index in [1.807, 2.05) is 0 Å². The number of anilines is 1. The van der Waals surface area contributed by atoms with Crippen molar-refractivity contribution in [3.8, 4) is 11.8 Å². The average Bonchev–Trinajstić information content (AvgIpc) is 2.84. The fraction of sp³-hybridized carbons (Fsp3) is 0.545. The molecular weight excluding hydrogens is 252 g/mol. The fourth-order valence-electron chi connectivity index (χ4n) is 1.71. The summed E-state index contributed by atoms with van der Waals surface area (Å²) >= 11 is 0. The summed E-state index contributed by atoms with van der Waals surface area (Å²) in [5.41, 5.74) is 5.77. The second-order valence-corrected chi connectivity index (χ2v) is 4.07. The molecule has 0 radical (unpaired) electrons. The molecule has 104 valence electrons. The smallest absolute Gasteiger partial charge is 0.236 e. The molecule has 0 bridgehead atoms. The van der Waals surface area contributed by atoms with E-state index in [1.165, 1.54) is 20.3 Å². The van der Waals surface area contributed by atoms with Gasteiger partial charge in [0.05, 0.1) is 39.4 Å². The zero-order valence-electron chi connectivity index (χ0n) is 10.8. The molecule has 2 heterocycles. The zero-order valence-corrected chi connectivity index (χ0v) is 10.8. The molecule has 2 rings (SSSR count). The van der Waals surface area contributed by atoms with Gasteiger partial charge in [0, 0.05) is 6.04 Å². The summed E-state index contributed by atoms with van der Waals surface area (Å²) in [4.78, 5) is 20.0. The fourth-order valence-corrected chi connectivity index (χ4v) is 1.71. The summed E-state index contributed by atoms with van der Waals surface area (Å²) in [5, 5.41) is 2.58. The Labute approximate surface area is 110 Å². The third kappa shape index (κ3) is 3.09. The molecular formula is C11H16N4O4. The molecule has 1 aromatic rings. The Morgan fingerprint density at radius 1 is 1.37 bits per heavy atom. The van der Waals surface area contributed by atoms with Gasteiger partial charge in [0.25, 0.3) is 0 Å². The van der Waals surface area contributed by atoms with Crippen molar-refractivity contribution < 1.29 is 19.0 Å². The normalized spacial score (nSPS) is 22.1. The molecule has 0 saturated carbocycles. The van der Waals surface area contributed by atoms with Gasteiger partial charge in [-0.25, -0.2) is 0 Å². The van der Waals surface area contributed by atoms with Crippen LogP contribution in [0.15, 0.2) is 6.07 Å². The van der Waals surface area contributed by atoms with Gasteiger partial charge in [-0.1, -0.05) is 0 Å². The summed E-state index contributed by atoms with van der Waals surface area (Å²) < 4.78 is 15.1. The number of hydrogen-bond acceptors (Lipinski definition) is 7. The minimum atomic E-state index is -0.402. The lowest BCUT2D eigenvalue weighted by molar-refractivity contribution is -0.120. The number of aromatic nitrogens is 2. The van der Waals surface area contributed by atoms with Crippen LogP contribution >= 0.6 is 0 Å². The predicted octanol–water partition coefficient (Wildman–Crippen LogP) is -0.594. The highest BCUT2D eigenvalue weighted by Gasteiger charge is 2.31. The predicted molar refractivity (Wildman–Crippen MR) is 66.1 cm³/mol. The third-order valence-corrected chi connectivity index (χ3v) is 2.79. The van der Waals surface area contributed by atoms with Crippen molar-refractivity contribution in [2.45, 2.75) is 6.04 Å². The minimum Gasteiger partial charge on any atom is -0.481 e. The van der Waals surface area contributed by atoms with E-state index in [1.54, 1.807) is 0 Å². The van der Waals surface area contributed by atoms with E-state index < -0.39 is 5.92 Å². The van der Waals surface area contributed by atoms with Crippen LogP contribution in [0, 0.1) is 5.92 Å². The number of carbonyl (C=O) groups is 1. The zero-order chi connectivity index (χ0) is 13.8. The van der Waals surface area contributed by atoms with Crippen molar-refractivity contribution in [1.29, 1.82) is 0 Å². The lowest BCUT2D eigenvalue weighted by Gasteiger charge is -2.13. The van der Waals surface area contributed by atoms with Crippen molar-refractivity contribution in [1.82, 2.24) is 9.97 Å². The Hall–Kier alpha value is -1.93. The molecule has 19 heavy (non-hydrogen) atoms. The molecule has 0 aliphatic carbocycles. The van der Waals surface area contributed by atoms with Crippen LogP contribution in [0.3, 0.4) is 0 Å². The maximum Gasteiger partial charge on any atom is 0.236 e. The van der Waals surface area contributed by atoms with Crippen molar-refractivity contribution >= 4 is 11.9 Å². The van der Waals surface area contributed by atoms with Gasteiger partial charge < -0.3 is 19.9 Å². The third-order valence-electron chi connectivity index (χ3n) is 2.79. The lowest BCUT2D eigenvalue weighted by Crippen LogP contribution is -2.37. The van der Waals surface area contributed by atoms with Gasteiger partial charge in [-0.2, -0.15) is 9.97 Å². The second-order valence-electron chi connectivity index (χ2n) is 4.07. The van der Waals surface area contributed by atoms with Gasteiger partial charge in [-0.05, 0) is 0 Å². The van der Waals surface area contributed by atoms with Crippen LogP contribution in [-0.2, 0) is 9.53 Å². The average molecular weight is 268 g/mol. The first-order valence-electron chi connectivity index (χ1n) is 5.75. The number of nitrogens with zero attached hydrogens (tertiary/aromatic N) is 2. The summed E-state index contributed by atoms with van der Waals surface area (Å²) in [6.07, 6.45) is 0. The van der Waals surface area contributed by atoms with Crippen molar-refractivity contribution in [3.63, 3.8) is 0 Å². The molecule has 2 unspecified atom stereocenters. The monoisotopic (exact) mass is 268 g/mol. The SMILES string of the molecule is COc1cc(OC)nc(NC(=O)C2COCC2N)n1. The Balaban J connectivity index is 2.11. The Morgan fingerprint density at radius 3 is 2.47 bits per heavy atom. The minimum absolute atomic E-state index is 0.111. The largest absolute Gasteiger partial charge is 0.481 e. The molecule has 1 aliphatic heterocycles. The molecule has 2 atom stereocenters. The second kappa shape index (κ2) is 5.81. The number of carbonyl (C=O) groups excluding carboxylic acids is 1. The van der Waals surface area contributed by atoms with E-state index in [4.69, 9.17) is 19.9 Å². The molecule has 0 aromatic carbocycles. The van der Waals surface area contributed by atoms with Gasteiger partial charge in [0.15, 0.2) is 0 Å². The highest BCUT2D eigenvalue weighted by molar-refractivity contribution is 5.91. The van der Waals surface area contributed by atoms with Crippen molar-refractivity contribution in [2.75, 3.05) is 32.8 Å². The molecule has 8 heteroatoms. The van der Waals surface area contributed by atoms with E-state index in [-0.39, 0.29) is 17.9 Å². The number of nitrogens with one attached hydrogen (secondary N) is 1. The summed E-state index contributed by atoms with van der Waals surface area (Å²) in [7, 11) is 2.93. The highest BCUT2D eigenvalue weighted by atomic mass is 16.5. The first kappa shape index (κ1) is 13.5. The van der Waals surface area contributed by atoms with Crippen LogP contribution in [0.5, 0.6) is 11.8 Å². The van der Waals surface area contributed by atoms with Crippen LogP contribution in [0.25, 0.3) is 0 Å².